The molecule has 2 aromatic carbocycles. The second-order valence-corrected chi connectivity index (χ2v) is 7.77. The van der Waals surface area contributed by atoms with Crippen LogP contribution in [0.5, 0.6) is 5.75 Å². The number of likely N-dealkylation sites (tertiary alicyclic amines) is 1. The third-order valence-electron chi connectivity index (χ3n) is 4.93. The maximum atomic E-state index is 12.8. The molecule has 0 spiro atoms. The summed E-state index contributed by atoms with van der Waals surface area (Å²) in [4.78, 5) is 27.2. The lowest BCUT2D eigenvalue weighted by Crippen LogP contribution is -2.36. The Labute approximate surface area is 174 Å². The molecule has 1 N–H and O–H groups in total. The van der Waals surface area contributed by atoms with E-state index in [1.54, 1.807) is 19.2 Å². The first-order valence-corrected chi connectivity index (χ1v) is 10.4. The second kappa shape index (κ2) is 9.73. The molecule has 1 heterocycles. The van der Waals surface area contributed by atoms with Crippen molar-refractivity contribution < 1.29 is 14.3 Å². The Bertz CT molecular complexity index is 847. The smallest absolute Gasteiger partial charge is 0.255 e. The van der Waals surface area contributed by atoms with Crippen LogP contribution in [0.3, 0.4) is 0 Å². The summed E-state index contributed by atoms with van der Waals surface area (Å²) in [5.74, 6) is 0.652. The Hall–Kier alpha value is -2.34. The van der Waals surface area contributed by atoms with E-state index in [0.29, 0.717) is 24.1 Å². The average Bonchev–Trinajstić information content (AvgIpc) is 2.73. The van der Waals surface area contributed by atoms with E-state index in [2.05, 4.69) is 21.2 Å². The number of ether oxygens (including phenoxy) is 1. The summed E-state index contributed by atoms with van der Waals surface area (Å²) >= 11 is 3.46. The van der Waals surface area contributed by atoms with Gasteiger partial charge in [0.25, 0.3) is 5.91 Å². The molecule has 1 aliphatic heterocycles. The Balaban J connectivity index is 1.62. The first-order chi connectivity index (χ1) is 13.6. The van der Waals surface area contributed by atoms with Gasteiger partial charge in [-0.15, -0.1) is 0 Å². The average molecular weight is 445 g/mol. The fourth-order valence-corrected chi connectivity index (χ4v) is 3.97. The van der Waals surface area contributed by atoms with Crippen molar-refractivity contribution in [3.05, 3.63) is 58.1 Å². The first kappa shape index (κ1) is 20.4. The van der Waals surface area contributed by atoms with Crippen LogP contribution in [-0.4, -0.2) is 36.9 Å². The SMILES string of the molecule is COc1ccc(CCC(=O)Nc2ccccc2C(=O)N2CCCCC2)cc1Br. The van der Waals surface area contributed by atoms with Crippen molar-refractivity contribution in [2.45, 2.75) is 32.1 Å². The van der Waals surface area contributed by atoms with Crippen molar-refractivity contribution >= 4 is 33.4 Å². The molecule has 0 atom stereocenters. The monoisotopic (exact) mass is 444 g/mol. The zero-order valence-corrected chi connectivity index (χ0v) is 17.6. The molecule has 5 nitrogen and oxygen atoms in total. The molecule has 148 valence electrons. The number of aryl methyl sites for hydroxylation is 1. The Morgan fingerprint density at radius 2 is 1.86 bits per heavy atom. The van der Waals surface area contributed by atoms with E-state index in [9.17, 15) is 9.59 Å². The summed E-state index contributed by atoms with van der Waals surface area (Å²) in [5, 5.41) is 2.92. The van der Waals surface area contributed by atoms with Crippen molar-refractivity contribution in [3.63, 3.8) is 0 Å². The molecule has 0 bridgehead atoms. The van der Waals surface area contributed by atoms with Crippen molar-refractivity contribution in [3.8, 4) is 5.75 Å². The van der Waals surface area contributed by atoms with E-state index < -0.39 is 0 Å². The second-order valence-electron chi connectivity index (χ2n) is 6.92. The lowest BCUT2D eigenvalue weighted by molar-refractivity contribution is -0.116. The highest BCUT2D eigenvalue weighted by atomic mass is 79.9. The van der Waals surface area contributed by atoms with Crippen LogP contribution in [0.1, 0.15) is 41.6 Å². The van der Waals surface area contributed by atoms with Crippen LogP contribution in [0.25, 0.3) is 0 Å². The molecule has 0 aliphatic carbocycles. The number of piperidine rings is 1. The molecule has 2 amide bonds. The molecule has 6 heteroatoms. The molecular weight excluding hydrogens is 420 g/mol. The third-order valence-corrected chi connectivity index (χ3v) is 5.55. The molecule has 3 rings (SSSR count). The maximum absolute atomic E-state index is 12.8. The van der Waals surface area contributed by atoms with Crippen molar-refractivity contribution in [2.75, 3.05) is 25.5 Å². The van der Waals surface area contributed by atoms with E-state index in [1.165, 1.54) is 6.42 Å². The number of para-hydroxylation sites is 1. The van der Waals surface area contributed by atoms with Gasteiger partial charge in [-0.25, -0.2) is 0 Å². The van der Waals surface area contributed by atoms with Gasteiger partial charge in [-0.05, 0) is 71.4 Å². The number of carbonyl (C=O) groups excluding carboxylic acids is 2. The lowest BCUT2D eigenvalue weighted by atomic mass is 10.1. The number of hydrogen-bond donors (Lipinski definition) is 1. The highest BCUT2D eigenvalue weighted by molar-refractivity contribution is 9.10. The van der Waals surface area contributed by atoms with E-state index in [0.717, 1.165) is 41.7 Å². The van der Waals surface area contributed by atoms with Gasteiger partial charge in [0.1, 0.15) is 5.75 Å². The molecular formula is C22H25BrN2O3. The summed E-state index contributed by atoms with van der Waals surface area (Å²) in [6, 6.07) is 13.0. The summed E-state index contributed by atoms with van der Waals surface area (Å²) < 4.78 is 6.09. The topological polar surface area (TPSA) is 58.6 Å². The summed E-state index contributed by atoms with van der Waals surface area (Å²) in [6.45, 7) is 1.57. The molecule has 2 aromatic rings. The minimum absolute atomic E-state index is 0.00492. The van der Waals surface area contributed by atoms with Crippen LogP contribution < -0.4 is 10.1 Å². The molecule has 1 saturated heterocycles. The quantitative estimate of drug-likeness (QED) is 0.704. The minimum Gasteiger partial charge on any atom is -0.496 e. The van der Waals surface area contributed by atoms with E-state index in [-0.39, 0.29) is 11.8 Å². The zero-order valence-electron chi connectivity index (χ0n) is 16.0. The lowest BCUT2D eigenvalue weighted by Gasteiger charge is -2.27. The number of anilines is 1. The van der Waals surface area contributed by atoms with Gasteiger partial charge in [-0.3, -0.25) is 9.59 Å². The van der Waals surface area contributed by atoms with Gasteiger partial charge in [0.2, 0.25) is 5.91 Å². The highest BCUT2D eigenvalue weighted by Gasteiger charge is 2.21. The molecule has 1 fully saturated rings. The van der Waals surface area contributed by atoms with Crippen LogP contribution >= 0.6 is 15.9 Å². The van der Waals surface area contributed by atoms with E-state index >= 15 is 0 Å². The summed E-state index contributed by atoms with van der Waals surface area (Å²) in [5.41, 5.74) is 2.18. The molecule has 0 aromatic heterocycles. The number of halogens is 1. The Kier molecular flexibility index (Phi) is 7.09. The predicted molar refractivity (Wildman–Crippen MR) is 114 cm³/mol. The number of nitrogens with zero attached hydrogens (tertiary/aromatic N) is 1. The van der Waals surface area contributed by atoms with Crippen LogP contribution in [-0.2, 0) is 11.2 Å². The predicted octanol–water partition coefficient (Wildman–Crippen LogP) is 4.66. The van der Waals surface area contributed by atoms with E-state index in [4.69, 9.17) is 4.74 Å². The van der Waals surface area contributed by atoms with Crippen LogP contribution in [0, 0.1) is 0 Å². The molecule has 28 heavy (non-hydrogen) atoms. The number of methoxy groups -OCH3 is 1. The Morgan fingerprint density at radius 1 is 1.11 bits per heavy atom. The van der Waals surface area contributed by atoms with Gasteiger partial charge >= 0.3 is 0 Å². The first-order valence-electron chi connectivity index (χ1n) is 9.59. The fraction of sp³-hybridized carbons (Fsp3) is 0.364. The fourth-order valence-electron chi connectivity index (χ4n) is 3.38. The molecule has 0 saturated carbocycles. The summed E-state index contributed by atoms with van der Waals surface area (Å²) in [7, 11) is 1.62. The third kappa shape index (κ3) is 5.13. The van der Waals surface area contributed by atoms with Gasteiger partial charge in [0, 0.05) is 19.5 Å². The molecule has 0 unspecified atom stereocenters. The van der Waals surface area contributed by atoms with Crippen LogP contribution in [0.4, 0.5) is 5.69 Å². The number of nitrogens with one attached hydrogen (secondary N) is 1. The van der Waals surface area contributed by atoms with Crippen LogP contribution in [0.15, 0.2) is 46.9 Å². The van der Waals surface area contributed by atoms with Crippen LogP contribution in [0.2, 0.25) is 0 Å². The van der Waals surface area contributed by atoms with Gasteiger partial charge < -0.3 is 15.0 Å². The normalized spacial score (nSPS) is 13.9. The Morgan fingerprint density at radius 3 is 2.57 bits per heavy atom. The van der Waals surface area contributed by atoms with Crippen molar-refractivity contribution in [1.82, 2.24) is 4.90 Å². The molecule has 1 aliphatic rings. The number of rotatable bonds is 6. The number of amides is 2. The number of carbonyl (C=O) groups is 2. The van der Waals surface area contributed by atoms with Crippen molar-refractivity contribution in [1.29, 1.82) is 0 Å². The number of hydrogen-bond acceptors (Lipinski definition) is 3. The largest absolute Gasteiger partial charge is 0.496 e. The van der Waals surface area contributed by atoms with Gasteiger partial charge in [-0.2, -0.15) is 0 Å². The van der Waals surface area contributed by atoms with Gasteiger partial charge in [0.05, 0.1) is 22.8 Å². The van der Waals surface area contributed by atoms with Gasteiger partial charge in [-0.1, -0.05) is 18.2 Å². The van der Waals surface area contributed by atoms with E-state index in [1.807, 2.05) is 35.2 Å². The minimum atomic E-state index is -0.106. The highest BCUT2D eigenvalue weighted by Crippen LogP contribution is 2.26. The van der Waals surface area contributed by atoms with Gasteiger partial charge in [0.15, 0.2) is 0 Å². The zero-order chi connectivity index (χ0) is 19.9. The standard InChI is InChI=1S/C22H25BrN2O3/c1-28-20-11-9-16(15-18(20)23)10-12-21(26)24-19-8-4-3-7-17(19)22(27)25-13-5-2-6-14-25/h3-4,7-9,11,15H,2,5-6,10,12-14H2,1H3,(H,24,26). The number of benzene rings is 2. The van der Waals surface area contributed by atoms with Crippen molar-refractivity contribution in [2.24, 2.45) is 0 Å². The molecule has 0 radical (unpaired) electrons. The summed E-state index contributed by atoms with van der Waals surface area (Å²) in [6.07, 6.45) is 4.20. The maximum Gasteiger partial charge on any atom is 0.255 e.